The number of hydrogen-bond donors (Lipinski definition) is 2. The number of methoxy groups -OCH3 is 1. The molecule has 1 saturated heterocycles. The Kier molecular flexibility index (Phi) is 6.51. The summed E-state index contributed by atoms with van der Waals surface area (Å²) in [6, 6.07) is 0. The zero-order chi connectivity index (χ0) is 16.1. The van der Waals surface area contributed by atoms with Gasteiger partial charge in [0.05, 0.1) is 23.4 Å². The van der Waals surface area contributed by atoms with Crippen molar-refractivity contribution in [1.29, 1.82) is 0 Å². The van der Waals surface area contributed by atoms with Gasteiger partial charge in [0, 0.05) is 19.5 Å². The van der Waals surface area contributed by atoms with E-state index in [-0.39, 0.29) is 23.6 Å². The minimum absolute atomic E-state index is 0.0697. The molecule has 0 aromatic heterocycles. The number of carbonyl (C=O) groups is 1. The van der Waals surface area contributed by atoms with Crippen LogP contribution in [0.3, 0.4) is 0 Å². The van der Waals surface area contributed by atoms with E-state index in [4.69, 9.17) is 18.0 Å². The van der Waals surface area contributed by atoms with E-state index < -0.39 is 21.5 Å². The minimum Gasteiger partial charge on any atom is -0.469 e. The Balaban J connectivity index is 2.66. The number of thiocarbonyl (C=S) groups is 1. The summed E-state index contributed by atoms with van der Waals surface area (Å²) in [5.74, 6) is -0.573. The summed E-state index contributed by atoms with van der Waals surface area (Å²) >= 11 is 5.07. The Morgan fingerprint density at radius 1 is 1.43 bits per heavy atom. The van der Waals surface area contributed by atoms with E-state index in [0.29, 0.717) is 12.8 Å². The van der Waals surface area contributed by atoms with Gasteiger partial charge in [-0.25, -0.2) is 13.1 Å². The molecular formula is C12H23N3O4S2. The molecule has 21 heavy (non-hydrogen) atoms. The third-order valence-electron chi connectivity index (χ3n) is 3.68. The molecule has 1 heterocycles. The fraction of sp³-hybridized carbons (Fsp3) is 0.833. The maximum absolute atomic E-state index is 12.2. The Morgan fingerprint density at radius 3 is 2.48 bits per heavy atom. The lowest BCUT2D eigenvalue weighted by atomic mass is 9.89. The molecule has 0 aliphatic carbocycles. The molecule has 1 rings (SSSR count). The number of piperidine rings is 1. The number of nitrogens with zero attached hydrogens (tertiary/aromatic N) is 1. The lowest BCUT2D eigenvalue weighted by Gasteiger charge is -2.40. The predicted octanol–water partition coefficient (Wildman–Crippen LogP) is -0.390. The van der Waals surface area contributed by atoms with Crippen molar-refractivity contribution in [1.82, 2.24) is 9.62 Å². The highest BCUT2D eigenvalue weighted by molar-refractivity contribution is 7.89. The van der Waals surface area contributed by atoms with Gasteiger partial charge in [0.2, 0.25) is 10.0 Å². The molecule has 0 atom stereocenters. The van der Waals surface area contributed by atoms with Crippen LogP contribution in [-0.4, -0.2) is 62.8 Å². The normalized spacial score (nSPS) is 19.1. The molecule has 7 nitrogen and oxygen atoms in total. The number of esters is 1. The number of ether oxygens (including phenoxy) is 1. The van der Waals surface area contributed by atoms with Crippen molar-refractivity contribution in [3.63, 3.8) is 0 Å². The van der Waals surface area contributed by atoms with E-state index in [1.165, 1.54) is 7.11 Å². The van der Waals surface area contributed by atoms with Crippen LogP contribution in [0.4, 0.5) is 0 Å². The second kappa shape index (κ2) is 7.48. The molecule has 0 aromatic rings. The van der Waals surface area contributed by atoms with E-state index in [1.807, 2.05) is 7.05 Å². The first-order valence-electron chi connectivity index (χ1n) is 6.78. The van der Waals surface area contributed by atoms with Crippen molar-refractivity contribution in [2.75, 3.05) is 33.0 Å². The smallest absolute Gasteiger partial charge is 0.305 e. The summed E-state index contributed by atoms with van der Waals surface area (Å²) in [5.41, 5.74) is 4.91. The molecule has 0 bridgehead atoms. The zero-order valence-corrected chi connectivity index (χ0v) is 14.1. The van der Waals surface area contributed by atoms with Crippen LogP contribution in [0.2, 0.25) is 0 Å². The van der Waals surface area contributed by atoms with Crippen molar-refractivity contribution < 1.29 is 17.9 Å². The largest absolute Gasteiger partial charge is 0.469 e. The molecule has 0 unspecified atom stereocenters. The van der Waals surface area contributed by atoms with Crippen LogP contribution in [-0.2, 0) is 19.6 Å². The Morgan fingerprint density at radius 2 is 2.00 bits per heavy atom. The first-order valence-corrected chi connectivity index (χ1v) is 8.84. The number of carbonyl (C=O) groups excluding carboxylic acids is 1. The summed E-state index contributed by atoms with van der Waals surface area (Å²) < 4.78 is 31.5. The quantitative estimate of drug-likeness (QED) is 0.482. The van der Waals surface area contributed by atoms with Gasteiger partial charge >= 0.3 is 5.97 Å². The van der Waals surface area contributed by atoms with Crippen molar-refractivity contribution in [3.8, 4) is 0 Å². The molecule has 0 saturated carbocycles. The lowest BCUT2D eigenvalue weighted by molar-refractivity contribution is -0.140. The van der Waals surface area contributed by atoms with Crippen molar-refractivity contribution >= 4 is 33.2 Å². The number of sulfonamides is 1. The second-order valence-electron chi connectivity index (χ2n) is 5.35. The van der Waals surface area contributed by atoms with Crippen LogP contribution >= 0.6 is 12.2 Å². The molecule has 1 aliphatic rings. The maximum atomic E-state index is 12.2. The molecule has 0 radical (unpaired) electrons. The Labute approximate surface area is 131 Å². The van der Waals surface area contributed by atoms with Crippen LogP contribution in [0.15, 0.2) is 0 Å². The monoisotopic (exact) mass is 337 g/mol. The summed E-state index contributed by atoms with van der Waals surface area (Å²) in [6.45, 7) is 1.45. The van der Waals surface area contributed by atoms with E-state index in [1.54, 1.807) is 0 Å². The average Bonchev–Trinajstić information content (AvgIpc) is 2.40. The molecule has 122 valence electrons. The highest BCUT2D eigenvalue weighted by Crippen LogP contribution is 2.23. The van der Waals surface area contributed by atoms with Gasteiger partial charge in [0.1, 0.15) is 0 Å². The molecule has 3 N–H and O–H groups in total. The van der Waals surface area contributed by atoms with Crippen LogP contribution in [0.5, 0.6) is 0 Å². The van der Waals surface area contributed by atoms with Gasteiger partial charge in [0.25, 0.3) is 0 Å². The number of nitrogens with two attached hydrogens (primary N) is 1. The van der Waals surface area contributed by atoms with Gasteiger partial charge in [-0.2, -0.15) is 0 Å². The fourth-order valence-electron chi connectivity index (χ4n) is 2.26. The van der Waals surface area contributed by atoms with Gasteiger partial charge in [0.15, 0.2) is 0 Å². The predicted molar refractivity (Wildman–Crippen MR) is 84.4 cm³/mol. The van der Waals surface area contributed by atoms with Gasteiger partial charge in [-0.05, 0) is 26.3 Å². The zero-order valence-electron chi connectivity index (χ0n) is 12.4. The number of nitrogens with one attached hydrogen (secondary N) is 1. The van der Waals surface area contributed by atoms with Gasteiger partial charge in [-0.1, -0.05) is 12.2 Å². The Hall–Kier alpha value is -0.770. The van der Waals surface area contributed by atoms with Crippen molar-refractivity contribution in [2.45, 2.75) is 31.2 Å². The summed E-state index contributed by atoms with van der Waals surface area (Å²) in [4.78, 5) is 13.3. The van der Waals surface area contributed by atoms with Gasteiger partial charge in [-0.3, -0.25) is 4.79 Å². The van der Waals surface area contributed by atoms with E-state index in [0.717, 1.165) is 13.1 Å². The molecular weight excluding hydrogens is 314 g/mol. The van der Waals surface area contributed by atoms with Crippen molar-refractivity contribution in [2.24, 2.45) is 5.73 Å². The third kappa shape index (κ3) is 5.50. The molecule has 0 aromatic carbocycles. The number of likely N-dealkylation sites (tertiary alicyclic amines) is 1. The molecule has 0 amide bonds. The molecule has 1 fully saturated rings. The topological polar surface area (TPSA) is 102 Å². The SMILES string of the molecule is COC(=O)CCCS(=O)(=O)NC1(C(N)=S)CCN(C)CC1. The number of hydrogen-bond acceptors (Lipinski definition) is 6. The van der Waals surface area contributed by atoms with Crippen molar-refractivity contribution in [3.05, 3.63) is 0 Å². The lowest BCUT2D eigenvalue weighted by Crippen LogP contribution is -2.61. The van der Waals surface area contributed by atoms with E-state index in [2.05, 4.69) is 14.4 Å². The molecule has 0 spiro atoms. The van der Waals surface area contributed by atoms with Crippen LogP contribution < -0.4 is 10.5 Å². The standard InChI is InChI=1S/C12H23N3O4S2/c1-15-7-5-12(6-8-15,11(13)20)14-21(17,18)9-3-4-10(16)19-2/h14H,3-9H2,1-2H3,(H2,13,20). The Bertz CT molecular complexity index is 485. The highest BCUT2D eigenvalue weighted by Gasteiger charge is 2.39. The van der Waals surface area contributed by atoms with Gasteiger partial charge < -0.3 is 15.4 Å². The molecule has 1 aliphatic heterocycles. The second-order valence-corrected chi connectivity index (χ2v) is 7.63. The summed E-state index contributed by atoms with van der Waals surface area (Å²) in [7, 11) is -0.310. The highest BCUT2D eigenvalue weighted by atomic mass is 32.2. The first kappa shape index (κ1) is 18.3. The molecule has 9 heteroatoms. The summed E-state index contributed by atoms with van der Waals surface area (Å²) in [5, 5.41) is 0. The third-order valence-corrected chi connectivity index (χ3v) is 5.60. The van der Waals surface area contributed by atoms with Crippen LogP contribution in [0.25, 0.3) is 0 Å². The average molecular weight is 337 g/mol. The first-order chi connectivity index (χ1) is 9.71. The van der Waals surface area contributed by atoms with E-state index >= 15 is 0 Å². The fourth-order valence-corrected chi connectivity index (χ4v) is 4.11. The minimum atomic E-state index is -3.55. The van der Waals surface area contributed by atoms with Crippen LogP contribution in [0.1, 0.15) is 25.7 Å². The van der Waals surface area contributed by atoms with Crippen LogP contribution in [0, 0.1) is 0 Å². The van der Waals surface area contributed by atoms with Gasteiger partial charge in [-0.15, -0.1) is 0 Å². The van der Waals surface area contributed by atoms with E-state index in [9.17, 15) is 13.2 Å². The summed E-state index contributed by atoms with van der Waals surface area (Å²) in [6.07, 6.45) is 1.37. The number of rotatable bonds is 7. The maximum Gasteiger partial charge on any atom is 0.305 e.